The standard InChI is InChI=1S/C31H38N4O4/c1-3-4-16-35(25-7-5-14-32-19-25)29(36)21-34-20-26(22-9-12-28-23(18-22)13-17-39-28)30(31(37)38)27(34)11-10-24-8-6-15-33(24)2/h5-9,12,14-15,18-19,26-27,30H,3-4,10-11,13,16-17,20-21H2,1-2H3,(H,37,38)/t26-,27+,30-/m1/s1. The molecule has 4 heterocycles. The van der Waals surface area contributed by atoms with Crippen LogP contribution < -0.4 is 9.64 Å². The number of carboxylic acids is 1. The number of hydrogen-bond acceptors (Lipinski definition) is 5. The summed E-state index contributed by atoms with van der Waals surface area (Å²) in [6, 6.07) is 13.7. The van der Waals surface area contributed by atoms with Crippen LogP contribution in [0, 0.1) is 5.92 Å². The highest BCUT2D eigenvalue weighted by Crippen LogP contribution is 2.41. The smallest absolute Gasteiger partial charge is 0.308 e. The predicted octanol–water partition coefficient (Wildman–Crippen LogP) is 4.29. The molecule has 1 aromatic carbocycles. The summed E-state index contributed by atoms with van der Waals surface area (Å²) in [4.78, 5) is 34.8. The van der Waals surface area contributed by atoms with Crippen LogP contribution >= 0.6 is 0 Å². The molecule has 8 nitrogen and oxygen atoms in total. The molecule has 2 aliphatic heterocycles. The molecule has 2 aromatic heterocycles. The van der Waals surface area contributed by atoms with Crippen LogP contribution in [0.15, 0.2) is 61.1 Å². The molecule has 8 heteroatoms. The summed E-state index contributed by atoms with van der Waals surface area (Å²) in [5.41, 5.74) is 4.08. The van der Waals surface area contributed by atoms with E-state index in [-0.39, 0.29) is 24.4 Å². The minimum atomic E-state index is -0.807. The van der Waals surface area contributed by atoms with Crippen molar-refractivity contribution in [2.24, 2.45) is 13.0 Å². The summed E-state index contributed by atoms with van der Waals surface area (Å²) in [7, 11) is 2.01. The lowest BCUT2D eigenvalue weighted by molar-refractivity contribution is -0.143. The first-order valence-electron chi connectivity index (χ1n) is 14.0. The van der Waals surface area contributed by atoms with E-state index in [1.54, 1.807) is 17.3 Å². The highest BCUT2D eigenvalue weighted by atomic mass is 16.5. The number of carbonyl (C=O) groups is 2. The maximum atomic E-state index is 13.8. The number of aromatic nitrogens is 2. The second kappa shape index (κ2) is 12.0. The highest BCUT2D eigenvalue weighted by Gasteiger charge is 2.47. The molecule has 39 heavy (non-hydrogen) atoms. The van der Waals surface area contributed by atoms with Gasteiger partial charge < -0.3 is 19.3 Å². The van der Waals surface area contributed by atoms with Crippen molar-refractivity contribution in [1.29, 1.82) is 0 Å². The van der Waals surface area contributed by atoms with E-state index in [1.165, 1.54) is 0 Å². The number of pyridine rings is 1. The quantitative estimate of drug-likeness (QED) is 0.398. The van der Waals surface area contributed by atoms with Crippen LogP contribution in [0.25, 0.3) is 0 Å². The summed E-state index contributed by atoms with van der Waals surface area (Å²) < 4.78 is 7.77. The molecule has 0 unspecified atom stereocenters. The van der Waals surface area contributed by atoms with Crippen LogP contribution in [-0.2, 0) is 29.5 Å². The van der Waals surface area contributed by atoms with Crippen LogP contribution in [0.4, 0.5) is 5.69 Å². The van der Waals surface area contributed by atoms with E-state index in [2.05, 4.69) is 33.5 Å². The number of amides is 1. The Kier molecular flexibility index (Phi) is 8.31. The van der Waals surface area contributed by atoms with Gasteiger partial charge in [0.05, 0.1) is 31.0 Å². The molecule has 3 atom stereocenters. The van der Waals surface area contributed by atoms with E-state index in [4.69, 9.17) is 4.74 Å². The van der Waals surface area contributed by atoms with Crippen molar-refractivity contribution < 1.29 is 19.4 Å². The number of aliphatic carboxylic acids is 1. The van der Waals surface area contributed by atoms with Crippen LogP contribution in [0.1, 0.15) is 48.9 Å². The molecule has 1 N–H and O–H groups in total. The van der Waals surface area contributed by atoms with Crippen molar-refractivity contribution in [3.05, 3.63) is 77.9 Å². The van der Waals surface area contributed by atoms with Crippen molar-refractivity contribution in [2.45, 2.75) is 51.0 Å². The molecule has 0 radical (unpaired) electrons. The van der Waals surface area contributed by atoms with Crippen LogP contribution in [0.2, 0.25) is 0 Å². The third-order valence-corrected chi connectivity index (χ3v) is 8.25. The molecule has 3 aromatic rings. The van der Waals surface area contributed by atoms with Gasteiger partial charge in [-0.15, -0.1) is 0 Å². The van der Waals surface area contributed by atoms with Gasteiger partial charge in [-0.2, -0.15) is 0 Å². The number of carboxylic acid groups (broad SMARTS) is 1. The minimum Gasteiger partial charge on any atom is -0.493 e. The van der Waals surface area contributed by atoms with E-state index >= 15 is 0 Å². The predicted molar refractivity (Wildman–Crippen MR) is 150 cm³/mol. The van der Waals surface area contributed by atoms with Crippen molar-refractivity contribution >= 4 is 17.6 Å². The lowest BCUT2D eigenvalue weighted by atomic mass is 9.83. The molecule has 0 aliphatic carbocycles. The lowest BCUT2D eigenvalue weighted by Gasteiger charge is -2.29. The molecule has 1 amide bonds. The number of hydrogen-bond donors (Lipinski definition) is 1. The van der Waals surface area contributed by atoms with Gasteiger partial charge in [-0.05, 0) is 60.7 Å². The van der Waals surface area contributed by atoms with Crippen LogP contribution in [-0.4, -0.2) is 63.7 Å². The number of fused-ring (bicyclic) bond motifs is 1. The number of aryl methyl sites for hydroxylation is 2. The number of rotatable bonds is 11. The normalized spacial score (nSPS) is 20.5. The second-order valence-electron chi connectivity index (χ2n) is 10.7. The van der Waals surface area contributed by atoms with Crippen molar-refractivity contribution in [3.63, 3.8) is 0 Å². The topological polar surface area (TPSA) is 87.9 Å². The summed E-state index contributed by atoms with van der Waals surface area (Å²) >= 11 is 0. The van der Waals surface area contributed by atoms with Gasteiger partial charge in [0.2, 0.25) is 5.91 Å². The number of carbonyl (C=O) groups excluding carboxylic acids is 1. The van der Waals surface area contributed by atoms with E-state index in [1.807, 2.05) is 43.6 Å². The molecule has 1 saturated heterocycles. The Labute approximate surface area is 230 Å². The third-order valence-electron chi connectivity index (χ3n) is 8.25. The number of unbranched alkanes of at least 4 members (excludes halogenated alkanes) is 1. The average molecular weight is 531 g/mol. The minimum absolute atomic E-state index is 0.0209. The maximum absolute atomic E-state index is 13.8. The second-order valence-corrected chi connectivity index (χ2v) is 10.7. The molecule has 0 bridgehead atoms. The zero-order chi connectivity index (χ0) is 27.4. The fourth-order valence-corrected chi connectivity index (χ4v) is 6.17. The molecule has 206 valence electrons. The molecule has 0 spiro atoms. The first-order valence-corrected chi connectivity index (χ1v) is 14.0. The Balaban J connectivity index is 1.44. The molecular weight excluding hydrogens is 492 g/mol. The summed E-state index contributed by atoms with van der Waals surface area (Å²) in [6.07, 6.45) is 9.53. The Morgan fingerprint density at radius 3 is 2.79 bits per heavy atom. The Morgan fingerprint density at radius 1 is 1.21 bits per heavy atom. The highest BCUT2D eigenvalue weighted by molar-refractivity contribution is 5.94. The van der Waals surface area contributed by atoms with Crippen molar-refractivity contribution in [2.75, 3.05) is 31.1 Å². The van der Waals surface area contributed by atoms with Gasteiger partial charge in [-0.1, -0.05) is 25.5 Å². The Morgan fingerprint density at radius 2 is 2.08 bits per heavy atom. The average Bonchev–Trinajstić information content (AvgIpc) is 3.66. The molecule has 5 rings (SSSR count). The molecule has 0 saturated carbocycles. The summed E-state index contributed by atoms with van der Waals surface area (Å²) in [5, 5.41) is 10.5. The van der Waals surface area contributed by atoms with Crippen LogP contribution in [0.3, 0.4) is 0 Å². The fourth-order valence-electron chi connectivity index (χ4n) is 6.17. The van der Waals surface area contributed by atoms with Gasteiger partial charge in [0, 0.05) is 56.6 Å². The zero-order valence-corrected chi connectivity index (χ0v) is 22.8. The Hall–Kier alpha value is -3.65. The van der Waals surface area contributed by atoms with E-state index in [9.17, 15) is 14.7 Å². The van der Waals surface area contributed by atoms with E-state index in [0.29, 0.717) is 26.1 Å². The van der Waals surface area contributed by atoms with Gasteiger partial charge in [-0.3, -0.25) is 19.5 Å². The first-order chi connectivity index (χ1) is 19.0. The van der Waals surface area contributed by atoms with Crippen molar-refractivity contribution in [3.8, 4) is 5.75 Å². The third kappa shape index (κ3) is 5.86. The first kappa shape index (κ1) is 26.9. The monoisotopic (exact) mass is 530 g/mol. The largest absolute Gasteiger partial charge is 0.493 e. The van der Waals surface area contributed by atoms with E-state index < -0.39 is 11.9 Å². The summed E-state index contributed by atoms with van der Waals surface area (Å²) in [5.74, 6) is -0.756. The van der Waals surface area contributed by atoms with Crippen LogP contribution in [0.5, 0.6) is 5.75 Å². The lowest BCUT2D eigenvalue weighted by Crippen LogP contribution is -2.44. The number of anilines is 1. The van der Waals surface area contributed by atoms with Gasteiger partial charge in [0.1, 0.15) is 5.75 Å². The number of benzene rings is 1. The summed E-state index contributed by atoms with van der Waals surface area (Å²) in [6.45, 7) is 4.07. The molecule has 1 fully saturated rings. The van der Waals surface area contributed by atoms with Gasteiger partial charge >= 0.3 is 5.97 Å². The maximum Gasteiger partial charge on any atom is 0.308 e. The van der Waals surface area contributed by atoms with Gasteiger partial charge in [-0.25, -0.2) is 0 Å². The van der Waals surface area contributed by atoms with Gasteiger partial charge in [0.15, 0.2) is 0 Å². The number of nitrogens with zero attached hydrogens (tertiary/aromatic N) is 4. The zero-order valence-electron chi connectivity index (χ0n) is 22.8. The molecule has 2 aliphatic rings. The van der Waals surface area contributed by atoms with Gasteiger partial charge in [0.25, 0.3) is 0 Å². The Bertz CT molecular complexity index is 1290. The number of ether oxygens (including phenoxy) is 1. The van der Waals surface area contributed by atoms with Crippen molar-refractivity contribution in [1.82, 2.24) is 14.5 Å². The fraction of sp³-hybridized carbons (Fsp3) is 0.452. The molecular formula is C31H38N4O4. The SMILES string of the molecule is CCCCN(C(=O)CN1C[C@H](c2ccc3c(c2)CCO3)[C@@H](C(=O)O)[C@@H]1CCc1cccn1C)c1cccnc1. The number of likely N-dealkylation sites (tertiary alicyclic amines) is 1. The van der Waals surface area contributed by atoms with E-state index in [0.717, 1.165) is 53.9 Å².